The van der Waals surface area contributed by atoms with Gasteiger partial charge < -0.3 is 10.2 Å². The van der Waals surface area contributed by atoms with Crippen molar-refractivity contribution >= 4 is 17.4 Å². The summed E-state index contributed by atoms with van der Waals surface area (Å²) < 4.78 is 13.5. The Morgan fingerprint density at radius 3 is 2.67 bits per heavy atom. The Morgan fingerprint density at radius 1 is 1.10 bits per heavy atom. The van der Waals surface area contributed by atoms with Crippen LogP contribution in [0.3, 0.4) is 0 Å². The molecular weight excluding hydrogens is 399 g/mol. The van der Waals surface area contributed by atoms with Gasteiger partial charge in [-0.2, -0.15) is 0 Å². The standard InChI is InChI=1S/C24H26ClFN4/c25-21-4-3-18(26)9-20(21)22-5-6-23(29-28-22)27-19-10-24(11-19)13-30(14-24)12-17-8-15-1-2-16(17)7-15/h1-6,9,15-17,19H,7-8,10-14H2,(H,27,29). The molecule has 6 rings (SSSR count). The van der Waals surface area contributed by atoms with Crippen LogP contribution < -0.4 is 5.32 Å². The number of nitrogens with one attached hydrogen (secondary N) is 1. The van der Waals surface area contributed by atoms with E-state index >= 15 is 0 Å². The van der Waals surface area contributed by atoms with E-state index in [4.69, 9.17) is 11.6 Å². The molecule has 3 unspecified atom stereocenters. The predicted molar refractivity (Wildman–Crippen MR) is 117 cm³/mol. The second-order valence-corrected chi connectivity index (χ2v) is 10.3. The summed E-state index contributed by atoms with van der Waals surface area (Å²) in [6.45, 7) is 3.80. The van der Waals surface area contributed by atoms with Crippen LogP contribution in [0.5, 0.6) is 0 Å². The summed E-state index contributed by atoms with van der Waals surface area (Å²) in [5, 5.41) is 12.5. The molecule has 2 heterocycles. The van der Waals surface area contributed by atoms with Crippen molar-refractivity contribution in [2.45, 2.75) is 31.7 Å². The summed E-state index contributed by atoms with van der Waals surface area (Å²) >= 11 is 6.17. The van der Waals surface area contributed by atoms with Crippen LogP contribution in [0.1, 0.15) is 25.7 Å². The highest BCUT2D eigenvalue weighted by Gasteiger charge is 2.53. The SMILES string of the molecule is Fc1ccc(Cl)c(-c2ccc(NC3CC4(C3)CN(CC3CC5C=CC3C5)C4)nn2)c1. The molecule has 30 heavy (non-hydrogen) atoms. The van der Waals surface area contributed by atoms with Crippen molar-refractivity contribution in [2.24, 2.45) is 23.2 Å². The van der Waals surface area contributed by atoms with Gasteiger partial charge in [0.15, 0.2) is 0 Å². The lowest BCUT2D eigenvalue weighted by Crippen LogP contribution is -2.65. The van der Waals surface area contributed by atoms with Gasteiger partial charge in [-0.1, -0.05) is 23.8 Å². The number of anilines is 1. The highest BCUT2D eigenvalue weighted by atomic mass is 35.5. The van der Waals surface area contributed by atoms with Crippen molar-refractivity contribution < 1.29 is 4.39 Å². The van der Waals surface area contributed by atoms with E-state index in [0.29, 0.717) is 27.7 Å². The molecule has 3 atom stereocenters. The lowest BCUT2D eigenvalue weighted by atomic mass is 9.60. The van der Waals surface area contributed by atoms with Crippen LogP contribution in [0.4, 0.5) is 10.2 Å². The van der Waals surface area contributed by atoms with Crippen molar-refractivity contribution in [1.82, 2.24) is 15.1 Å². The third kappa shape index (κ3) is 3.32. The summed E-state index contributed by atoms with van der Waals surface area (Å²) in [6, 6.07) is 8.51. The maximum absolute atomic E-state index is 13.5. The minimum absolute atomic E-state index is 0.329. The van der Waals surface area contributed by atoms with Crippen molar-refractivity contribution in [3.63, 3.8) is 0 Å². The minimum atomic E-state index is -0.329. The van der Waals surface area contributed by atoms with Crippen molar-refractivity contribution in [3.8, 4) is 11.3 Å². The third-order valence-electron chi connectivity index (χ3n) is 7.61. The van der Waals surface area contributed by atoms with Crippen LogP contribution in [0.15, 0.2) is 42.5 Å². The Kier molecular flexibility index (Phi) is 4.40. The van der Waals surface area contributed by atoms with Gasteiger partial charge in [-0.05, 0) is 79.2 Å². The number of hydrogen-bond acceptors (Lipinski definition) is 4. The monoisotopic (exact) mass is 424 g/mol. The summed E-state index contributed by atoms with van der Waals surface area (Å²) in [7, 11) is 0. The first-order valence-electron chi connectivity index (χ1n) is 11.0. The summed E-state index contributed by atoms with van der Waals surface area (Å²) in [5.74, 6) is 3.07. The molecule has 0 amide bonds. The summed E-state index contributed by atoms with van der Waals surface area (Å²) in [6.07, 6.45) is 10.1. The number of fused-ring (bicyclic) bond motifs is 2. The highest BCUT2D eigenvalue weighted by molar-refractivity contribution is 6.33. The maximum Gasteiger partial charge on any atom is 0.148 e. The third-order valence-corrected chi connectivity index (χ3v) is 7.94. The highest BCUT2D eigenvalue weighted by Crippen LogP contribution is 2.51. The fraction of sp³-hybridized carbons (Fsp3) is 0.500. The summed E-state index contributed by atoms with van der Waals surface area (Å²) in [5.41, 5.74) is 1.67. The number of halogens is 2. The number of allylic oxidation sites excluding steroid dienone is 2. The van der Waals surface area contributed by atoms with Gasteiger partial charge in [-0.15, -0.1) is 10.2 Å². The molecule has 2 bridgehead atoms. The molecule has 156 valence electrons. The number of likely N-dealkylation sites (tertiary alicyclic amines) is 1. The van der Waals surface area contributed by atoms with Gasteiger partial charge in [0.05, 0.1) is 10.7 Å². The molecule has 1 spiro atoms. The molecule has 3 fully saturated rings. The molecular formula is C24H26ClFN4. The minimum Gasteiger partial charge on any atom is -0.366 e. The molecule has 6 heteroatoms. The molecule has 2 saturated carbocycles. The number of hydrogen-bond donors (Lipinski definition) is 1. The van der Waals surface area contributed by atoms with E-state index in [1.807, 2.05) is 12.1 Å². The number of nitrogens with zero attached hydrogens (tertiary/aromatic N) is 3. The van der Waals surface area contributed by atoms with Gasteiger partial charge >= 0.3 is 0 Å². The van der Waals surface area contributed by atoms with Crippen molar-refractivity contribution in [1.29, 1.82) is 0 Å². The maximum atomic E-state index is 13.5. The van der Waals surface area contributed by atoms with Gasteiger partial charge in [-0.3, -0.25) is 0 Å². The van der Waals surface area contributed by atoms with Crippen LogP contribution >= 0.6 is 11.6 Å². The Balaban J connectivity index is 0.997. The molecule has 1 aliphatic heterocycles. The second-order valence-electron chi connectivity index (χ2n) is 9.89. The van der Waals surface area contributed by atoms with E-state index in [0.717, 1.165) is 23.6 Å². The molecule has 1 saturated heterocycles. The molecule has 1 aromatic carbocycles. The number of aromatic nitrogens is 2. The fourth-order valence-corrected chi connectivity index (χ4v) is 6.48. The molecule has 1 N–H and O–H groups in total. The van der Waals surface area contributed by atoms with Crippen molar-refractivity contribution in [2.75, 3.05) is 25.0 Å². The van der Waals surface area contributed by atoms with Crippen LogP contribution in [-0.4, -0.2) is 40.8 Å². The summed E-state index contributed by atoms with van der Waals surface area (Å²) in [4.78, 5) is 2.67. The van der Waals surface area contributed by atoms with E-state index in [1.54, 1.807) is 6.07 Å². The Morgan fingerprint density at radius 2 is 1.97 bits per heavy atom. The van der Waals surface area contributed by atoms with E-state index in [-0.39, 0.29) is 5.82 Å². The van der Waals surface area contributed by atoms with Gasteiger partial charge in [0.1, 0.15) is 11.6 Å². The fourth-order valence-electron chi connectivity index (χ4n) is 6.27. The lowest BCUT2D eigenvalue weighted by Gasteiger charge is -2.60. The van der Waals surface area contributed by atoms with E-state index in [1.165, 1.54) is 57.5 Å². The topological polar surface area (TPSA) is 41.0 Å². The predicted octanol–water partition coefficient (Wildman–Crippen LogP) is 5.02. The normalized spacial score (nSPS) is 29.2. The zero-order valence-electron chi connectivity index (χ0n) is 16.9. The van der Waals surface area contributed by atoms with Gasteiger partial charge in [0.25, 0.3) is 0 Å². The second kappa shape index (κ2) is 7.03. The number of rotatable bonds is 5. The molecule has 0 radical (unpaired) electrons. The largest absolute Gasteiger partial charge is 0.366 e. The van der Waals surface area contributed by atoms with E-state index in [2.05, 4.69) is 32.6 Å². The first-order chi connectivity index (χ1) is 14.6. The zero-order chi connectivity index (χ0) is 20.3. The average molecular weight is 425 g/mol. The van der Waals surface area contributed by atoms with Crippen molar-refractivity contribution in [3.05, 3.63) is 53.3 Å². The number of benzene rings is 1. The quantitative estimate of drug-likeness (QED) is 0.684. The lowest BCUT2D eigenvalue weighted by molar-refractivity contribution is -0.0743. The van der Waals surface area contributed by atoms with Gasteiger partial charge in [0.2, 0.25) is 0 Å². The Bertz CT molecular complexity index is 977. The Hall–Kier alpha value is -1.98. The van der Waals surface area contributed by atoms with E-state index < -0.39 is 0 Å². The Labute approximate surface area is 181 Å². The molecule has 1 aromatic heterocycles. The van der Waals surface area contributed by atoms with Gasteiger partial charge in [0, 0.05) is 31.2 Å². The zero-order valence-corrected chi connectivity index (χ0v) is 17.7. The van der Waals surface area contributed by atoms with E-state index in [9.17, 15) is 4.39 Å². The van der Waals surface area contributed by atoms with Crippen LogP contribution in [0, 0.1) is 29.0 Å². The van der Waals surface area contributed by atoms with Gasteiger partial charge in [-0.25, -0.2) is 4.39 Å². The molecule has 3 aliphatic carbocycles. The molecule has 4 nitrogen and oxygen atoms in total. The van der Waals surface area contributed by atoms with Crippen LogP contribution in [0.25, 0.3) is 11.3 Å². The average Bonchev–Trinajstić information content (AvgIpc) is 3.30. The first kappa shape index (κ1) is 18.8. The molecule has 2 aromatic rings. The van der Waals surface area contributed by atoms with Crippen LogP contribution in [-0.2, 0) is 0 Å². The first-order valence-corrected chi connectivity index (χ1v) is 11.4. The smallest absolute Gasteiger partial charge is 0.148 e. The molecule has 4 aliphatic rings. The van der Waals surface area contributed by atoms with Crippen LogP contribution in [0.2, 0.25) is 5.02 Å².